The van der Waals surface area contributed by atoms with Crippen LogP contribution in [0, 0.1) is 0 Å². The molecule has 152 valence electrons. The molecule has 3 nitrogen and oxygen atoms in total. The summed E-state index contributed by atoms with van der Waals surface area (Å²) >= 11 is 0. The maximum absolute atomic E-state index is 11.5. The first kappa shape index (κ1) is 25.1. The van der Waals surface area contributed by atoms with Crippen LogP contribution < -0.4 is 0 Å². The van der Waals surface area contributed by atoms with Crippen LogP contribution in [-0.2, 0) is 9.53 Å². The highest BCUT2D eigenvalue weighted by Gasteiger charge is 2.03. The van der Waals surface area contributed by atoms with Crippen LogP contribution in [0.4, 0.5) is 0 Å². The number of ether oxygens (including phenoxy) is 1. The van der Waals surface area contributed by atoms with Crippen molar-refractivity contribution >= 4 is 15.0 Å². The number of hydrogen-bond donors (Lipinski definition) is 1. The highest BCUT2D eigenvalue weighted by atomic mass is 28.3. The molecule has 0 amide bonds. The molecule has 26 heavy (non-hydrogen) atoms. The lowest BCUT2D eigenvalue weighted by Gasteiger charge is -2.05. The van der Waals surface area contributed by atoms with Gasteiger partial charge in [0.15, 0.2) is 9.04 Å². The Morgan fingerprint density at radius 2 is 1.50 bits per heavy atom. The van der Waals surface area contributed by atoms with E-state index in [1.165, 1.54) is 44.9 Å². The van der Waals surface area contributed by atoms with E-state index in [0.717, 1.165) is 38.1 Å². The van der Waals surface area contributed by atoms with Crippen molar-refractivity contribution in [3.8, 4) is 0 Å². The standard InChI is InChI=1S/C22H42O3Si/c1-3-4-5-6-7-8-9-10-11-12-13-14-15-16-17-19-22(23)25-20-18-21-26(2)24/h7-8,10-11,24,26H,3-6,9,12-21H2,1-2H3/b8-7-,11-10-. The summed E-state index contributed by atoms with van der Waals surface area (Å²) in [4.78, 5) is 20.8. The summed E-state index contributed by atoms with van der Waals surface area (Å²) in [5.74, 6) is -0.0806. The lowest BCUT2D eigenvalue weighted by Crippen LogP contribution is -2.09. The SMILES string of the molecule is CCCCC/C=C\C/C=C\CCCCCCCC(=O)OCCC[SiH](C)O. The minimum Gasteiger partial charge on any atom is -0.466 e. The molecule has 0 saturated carbocycles. The van der Waals surface area contributed by atoms with Gasteiger partial charge >= 0.3 is 5.97 Å². The van der Waals surface area contributed by atoms with E-state index < -0.39 is 9.04 Å². The van der Waals surface area contributed by atoms with Gasteiger partial charge in [0.1, 0.15) is 0 Å². The zero-order chi connectivity index (χ0) is 19.3. The van der Waals surface area contributed by atoms with Crippen molar-refractivity contribution in [1.29, 1.82) is 0 Å². The molecule has 0 rings (SSSR count). The molecular weight excluding hydrogens is 340 g/mol. The molecule has 0 aliphatic heterocycles. The molecule has 0 aromatic carbocycles. The van der Waals surface area contributed by atoms with E-state index in [1.807, 2.05) is 6.55 Å². The summed E-state index contributed by atoms with van der Waals surface area (Å²) < 4.78 is 5.17. The average molecular weight is 383 g/mol. The largest absolute Gasteiger partial charge is 0.466 e. The molecule has 0 radical (unpaired) electrons. The number of carbonyl (C=O) groups excluding carboxylic acids is 1. The van der Waals surface area contributed by atoms with E-state index in [4.69, 9.17) is 4.74 Å². The lowest BCUT2D eigenvalue weighted by molar-refractivity contribution is -0.143. The second-order valence-electron chi connectivity index (χ2n) is 7.19. The fraction of sp³-hybridized carbons (Fsp3) is 0.773. The fourth-order valence-electron chi connectivity index (χ4n) is 2.72. The van der Waals surface area contributed by atoms with Gasteiger partial charge in [0.05, 0.1) is 6.61 Å². The first-order valence-electron chi connectivity index (χ1n) is 10.8. The third kappa shape index (κ3) is 21.2. The van der Waals surface area contributed by atoms with Gasteiger partial charge < -0.3 is 9.53 Å². The molecule has 0 saturated heterocycles. The Morgan fingerprint density at radius 3 is 2.15 bits per heavy atom. The monoisotopic (exact) mass is 382 g/mol. The molecule has 0 heterocycles. The molecule has 1 atom stereocenters. The van der Waals surface area contributed by atoms with E-state index in [0.29, 0.717) is 13.0 Å². The third-order valence-corrected chi connectivity index (χ3v) is 5.60. The summed E-state index contributed by atoms with van der Waals surface area (Å²) in [6, 6.07) is 0.830. The Kier molecular flexibility index (Phi) is 19.8. The van der Waals surface area contributed by atoms with Gasteiger partial charge in [0.2, 0.25) is 0 Å². The first-order valence-corrected chi connectivity index (χ1v) is 13.3. The van der Waals surface area contributed by atoms with Crippen molar-refractivity contribution in [2.75, 3.05) is 6.61 Å². The fourth-order valence-corrected chi connectivity index (χ4v) is 3.48. The number of hydrogen-bond acceptors (Lipinski definition) is 3. The van der Waals surface area contributed by atoms with Gasteiger partial charge in [0.25, 0.3) is 0 Å². The van der Waals surface area contributed by atoms with E-state index in [9.17, 15) is 9.59 Å². The quantitative estimate of drug-likeness (QED) is 0.135. The number of rotatable bonds is 18. The Bertz CT molecular complexity index is 364. The number of unbranched alkanes of at least 4 members (excludes halogenated alkanes) is 8. The minimum absolute atomic E-state index is 0.0806. The molecule has 0 aliphatic rings. The van der Waals surface area contributed by atoms with Crippen LogP contribution >= 0.6 is 0 Å². The lowest BCUT2D eigenvalue weighted by atomic mass is 10.1. The Labute approximate surface area is 163 Å². The van der Waals surface area contributed by atoms with E-state index in [2.05, 4.69) is 31.2 Å². The van der Waals surface area contributed by atoms with Crippen molar-refractivity contribution in [3.63, 3.8) is 0 Å². The summed E-state index contributed by atoms with van der Waals surface area (Å²) in [5, 5.41) is 0. The van der Waals surface area contributed by atoms with Crippen LogP contribution in [0.3, 0.4) is 0 Å². The van der Waals surface area contributed by atoms with E-state index >= 15 is 0 Å². The van der Waals surface area contributed by atoms with Crippen molar-refractivity contribution in [1.82, 2.24) is 0 Å². The predicted octanol–water partition coefficient (Wildman–Crippen LogP) is 6.08. The summed E-state index contributed by atoms with van der Waals surface area (Å²) in [6.07, 6.45) is 23.6. The Hall–Kier alpha value is -0.873. The first-order chi connectivity index (χ1) is 12.7. The molecule has 0 fully saturated rings. The number of carbonyl (C=O) groups is 1. The minimum atomic E-state index is -1.49. The maximum atomic E-state index is 11.5. The van der Waals surface area contributed by atoms with E-state index in [-0.39, 0.29) is 5.97 Å². The molecule has 0 aliphatic carbocycles. The van der Waals surface area contributed by atoms with Gasteiger partial charge in [-0.25, -0.2) is 0 Å². The smallest absolute Gasteiger partial charge is 0.305 e. The summed E-state index contributed by atoms with van der Waals surface area (Å²) in [5.41, 5.74) is 0. The van der Waals surface area contributed by atoms with Crippen LogP contribution in [0.25, 0.3) is 0 Å². The molecule has 0 bridgehead atoms. The molecular formula is C22H42O3Si. The second kappa shape index (κ2) is 20.4. The van der Waals surface area contributed by atoms with Crippen LogP contribution in [0.5, 0.6) is 0 Å². The Morgan fingerprint density at radius 1 is 0.885 bits per heavy atom. The predicted molar refractivity (Wildman–Crippen MR) is 115 cm³/mol. The molecule has 1 N–H and O–H groups in total. The van der Waals surface area contributed by atoms with Crippen molar-refractivity contribution in [2.24, 2.45) is 0 Å². The van der Waals surface area contributed by atoms with Crippen LogP contribution in [0.2, 0.25) is 12.6 Å². The number of esters is 1. The van der Waals surface area contributed by atoms with Crippen LogP contribution in [0.1, 0.15) is 90.4 Å². The summed E-state index contributed by atoms with van der Waals surface area (Å²) in [7, 11) is -1.49. The highest BCUT2D eigenvalue weighted by Crippen LogP contribution is 2.09. The average Bonchev–Trinajstić information content (AvgIpc) is 2.62. The van der Waals surface area contributed by atoms with Gasteiger partial charge in [-0.05, 0) is 57.5 Å². The molecule has 0 aromatic rings. The van der Waals surface area contributed by atoms with Gasteiger partial charge in [0, 0.05) is 6.42 Å². The zero-order valence-corrected chi connectivity index (χ0v) is 18.4. The topological polar surface area (TPSA) is 46.5 Å². The third-order valence-electron chi connectivity index (χ3n) is 4.36. The second-order valence-corrected chi connectivity index (χ2v) is 9.47. The molecule has 1 unspecified atom stereocenters. The Balaban J connectivity index is 3.27. The molecule has 0 spiro atoms. The zero-order valence-electron chi connectivity index (χ0n) is 17.3. The molecule has 4 heteroatoms. The molecule has 0 aromatic heterocycles. The van der Waals surface area contributed by atoms with Crippen LogP contribution in [-0.4, -0.2) is 26.4 Å². The van der Waals surface area contributed by atoms with Crippen molar-refractivity contribution < 1.29 is 14.3 Å². The van der Waals surface area contributed by atoms with Crippen molar-refractivity contribution in [2.45, 2.75) is 103 Å². The highest BCUT2D eigenvalue weighted by molar-refractivity contribution is 6.48. The van der Waals surface area contributed by atoms with Gasteiger partial charge in [-0.15, -0.1) is 0 Å². The normalized spacial score (nSPS) is 12.9. The van der Waals surface area contributed by atoms with Gasteiger partial charge in [-0.1, -0.05) is 63.3 Å². The van der Waals surface area contributed by atoms with Crippen molar-refractivity contribution in [3.05, 3.63) is 24.3 Å². The maximum Gasteiger partial charge on any atom is 0.305 e. The van der Waals surface area contributed by atoms with Crippen LogP contribution in [0.15, 0.2) is 24.3 Å². The number of allylic oxidation sites excluding steroid dienone is 4. The summed E-state index contributed by atoms with van der Waals surface area (Å²) in [6.45, 7) is 4.60. The van der Waals surface area contributed by atoms with E-state index in [1.54, 1.807) is 0 Å². The van der Waals surface area contributed by atoms with Gasteiger partial charge in [-0.2, -0.15) is 0 Å². The van der Waals surface area contributed by atoms with Gasteiger partial charge in [-0.3, -0.25) is 4.79 Å².